The molecule has 2 aromatic carbocycles. The van der Waals surface area contributed by atoms with Gasteiger partial charge in [0.15, 0.2) is 11.6 Å². The van der Waals surface area contributed by atoms with Crippen molar-refractivity contribution in [2.75, 3.05) is 7.11 Å². The van der Waals surface area contributed by atoms with E-state index in [1.807, 2.05) is 30.3 Å². The Hall–Kier alpha value is -1.43. The molecule has 0 bridgehead atoms. The molecule has 0 heterocycles. The van der Waals surface area contributed by atoms with Gasteiger partial charge < -0.3 is 9.57 Å². The predicted octanol–water partition coefficient (Wildman–Crippen LogP) is 3.82. The fourth-order valence-corrected chi connectivity index (χ4v) is 2.34. The van der Waals surface area contributed by atoms with Gasteiger partial charge >= 0.3 is 0 Å². The Bertz CT molecular complexity index is 540. The zero-order valence-electron chi connectivity index (χ0n) is 11.0. The van der Waals surface area contributed by atoms with Crippen LogP contribution in [0.4, 0.5) is 4.39 Å². The molecule has 0 amide bonds. The van der Waals surface area contributed by atoms with E-state index in [4.69, 9.17) is 9.57 Å². The van der Waals surface area contributed by atoms with Crippen LogP contribution in [0, 0.1) is 5.82 Å². The minimum absolute atomic E-state index is 0.218. The maximum Gasteiger partial charge on any atom is 0.169 e. The SMILES string of the molecule is CONCc1cc(F)c(OCc2ccccc2)c(Br)c1. The molecule has 2 aromatic rings. The van der Waals surface area contributed by atoms with E-state index in [9.17, 15) is 4.39 Å². The molecule has 106 valence electrons. The smallest absolute Gasteiger partial charge is 0.169 e. The normalized spacial score (nSPS) is 10.6. The van der Waals surface area contributed by atoms with Gasteiger partial charge in [0, 0.05) is 6.54 Å². The van der Waals surface area contributed by atoms with Crippen molar-refractivity contribution in [1.29, 1.82) is 0 Å². The molecule has 0 saturated heterocycles. The van der Waals surface area contributed by atoms with Crippen molar-refractivity contribution in [3.8, 4) is 5.75 Å². The lowest BCUT2D eigenvalue weighted by Gasteiger charge is -2.11. The molecule has 0 aliphatic rings. The van der Waals surface area contributed by atoms with Crippen molar-refractivity contribution < 1.29 is 14.0 Å². The molecule has 0 radical (unpaired) electrons. The van der Waals surface area contributed by atoms with Gasteiger partial charge in [0.05, 0.1) is 11.6 Å². The van der Waals surface area contributed by atoms with E-state index in [1.165, 1.54) is 13.2 Å². The third kappa shape index (κ3) is 4.03. The largest absolute Gasteiger partial charge is 0.485 e. The number of benzene rings is 2. The summed E-state index contributed by atoms with van der Waals surface area (Å²) in [6, 6.07) is 12.9. The predicted molar refractivity (Wildman–Crippen MR) is 78.7 cm³/mol. The van der Waals surface area contributed by atoms with Gasteiger partial charge in [-0.15, -0.1) is 0 Å². The van der Waals surface area contributed by atoms with Crippen LogP contribution >= 0.6 is 15.9 Å². The van der Waals surface area contributed by atoms with E-state index >= 15 is 0 Å². The van der Waals surface area contributed by atoms with Gasteiger partial charge in [-0.2, -0.15) is 5.48 Å². The first kappa shape index (κ1) is 15.0. The zero-order valence-corrected chi connectivity index (χ0v) is 12.6. The number of hydrogen-bond donors (Lipinski definition) is 1. The Balaban J connectivity index is 2.08. The summed E-state index contributed by atoms with van der Waals surface area (Å²) in [6.45, 7) is 0.747. The number of hydrogen-bond acceptors (Lipinski definition) is 3. The highest BCUT2D eigenvalue weighted by Crippen LogP contribution is 2.30. The summed E-state index contributed by atoms with van der Waals surface area (Å²) in [5.74, 6) is -0.182. The summed E-state index contributed by atoms with van der Waals surface area (Å²) < 4.78 is 20.1. The van der Waals surface area contributed by atoms with Gasteiger partial charge in [0.25, 0.3) is 0 Å². The highest BCUT2D eigenvalue weighted by atomic mass is 79.9. The van der Waals surface area contributed by atoms with Crippen molar-refractivity contribution in [2.24, 2.45) is 0 Å². The van der Waals surface area contributed by atoms with Crippen molar-refractivity contribution in [2.45, 2.75) is 13.2 Å². The highest BCUT2D eigenvalue weighted by molar-refractivity contribution is 9.10. The zero-order chi connectivity index (χ0) is 14.4. The van der Waals surface area contributed by atoms with E-state index < -0.39 is 5.82 Å². The quantitative estimate of drug-likeness (QED) is 0.811. The van der Waals surface area contributed by atoms with Crippen LogP contribution in [0.3, 0.4) is 0 Å². The van der Waals surface area contributed by atoms with E-state index in [0.29, 0.717) is 17.6 Å². The van der Waals surface area contributed by atoms with E-state index in [2.05, 4.69) is 21.4 Å². The molecular formula is C15H15BrFNO2. The van der Waals surface area contributed by atoms with Gasteiger partial charge in [-0.25, -0.2) is 4.39 Å². The fourth-order valence-electron chi connectivity index (χ4n) is 1.74. The molecule has 5 heteroatoms. The van der Waals surface area contributed by atoms with Crippen LogP contribution in [0.15, 0.2) is 46.9 Å². The fraction of sp³-hybridized carbons (Fsp3) is 0.200. The first-order valence-corrected chi connectivity index (χ1v) is 6.90. The van der Waals surface area contributed by atoms with E-state index in [1.54, 1.807) is 6.07 Å². The summed E-state index contributed by atoms with van der Waals surface area (Å²) in [4.78, 5) is 4.74. The first-order valence-electron chi connectivity index (χ1n) is 6.11. The molecule has 0 atom stereocenters. The minimum Gasteiger partial charge on any atom is -0.485 e. The van der Waals surface area contributed by atoms with Gasteiger partial charge in [0.2, 0.25) is 0 Å². The molecule has 0 unspecified atom stereocenters. The molecule has 2 rings (SSSR count). The molecule has 1 N–H and O–H groups in total. The van der Waals surface area contributed by atoms with Crippen LogP contribution in [0.5, 0.6) is 5.75 Å². The second-order valence-corrected chi connectivity index (χ2v) is 5.04. The number of ether oxygens (including phenoxy) is 1. The molecule has 0 aliphatic carbocycles. The molecule has 0 aliphatic heterocycles. The van der Waals surface area contributed by atoms with Crippen molar-refractivity contribution in [3.05, 3.63) is 63.9 Å². The first-order chi connectivity index (χ1) is 9.70. The lowest BCUT2D eigenvalue weighted by atomic mass is 10.2. The summed E-state index contributed by atoms with van der Waals surface area (Å²) in [5.41, 5.74) is 4.42. The summed E-state index contributed by atoms with van der Waals surface area (Å²) in [5, 5.41) is 0. The Morgan fingerprint density at radius 1 is 1.15 bits per heavy atom. The second kappa shape index (κ2) is 7.38. The minimum atomic E-state index is -0.400. The molecular weight excluding hydrogens is 325 g/mol. The number of hydroxylamine groups is 1. The Kier molecular flexibility index (Phi) is 5.52. The maximum atomic E-state index is 14.0. The maximum absolute atomic E-state index is 14.0. The van der Waals surface area contributed by atoms with Crippen LogP contribution in [0.2, 0.25) is 0 Å². The Morgan fingerprint density at radius 2 is 1.90 bits per heavy atom. The van der Waals surface area contributed by atoms with Gasteiger partial charge in [0.1, 0.15) is 6.61 Å². The molecule has 0 spiro atoms. The summed E-state index contributed by atoms with van der Waals surface area (Å²) in [7, 11) is 1.52. The van der Waals surface area contributed by atoms with Gasteiger partial charge in [-0.05, 0) is 39.2 Å². The molecule has 0 saturated carbocycles. The average Bonchev–Trinajstić information content (AvgIpc) is 2.45. The van der Waals surface area contributed by atoms with Crippen LogP contribution in [-0.4, -0.2) is 7.11 Å². The van der Waals surface area contributed by atoms with Crippen LogP contribution in [-0.2, 0) is 18.0 Å². The third-order valence-electron chi connectivity index (χ3n) is 2.70. The van der Waals surface area contributed by atoms with Crippen molar-refractivity contribution >= 4 is 15.9 Å². The topological polar surface area (TPSA) is 30.5 Å². The Labute approximate surface area is 125 Å². The van der Waals surface area contributed by atoms with Crippen molar-refractivity contribution in [1.82, 2.24) is 5.48 Å². The third-order valence-corrected chi connectivity index (χ3v) is 3.29. The Morgan fingerprint density at radius 3 is 2.55 bits per heavy atom. The monoisotopic (exact) mass is 339 g/mol. The van der Waals surface area contributed by atoms with Crippen molar-refractivity contribution in [3.63, 3.8) is 0 Å². The highest BCUT2D eigenvalue weighted by Gasteiger charge is 2.11. The van der Waals surface area contributed by atoms with Gasteiger partial charge in [-0.3, -0.25) is 0 Å². The van der Waals surface area contributed by atoms with Gasteiger partial charge in [-0.1, -0.05) is 30.3 Å². The number of halogens is 2. The van der Waals surface area contributed by atoms with Crippen LogP contribution in [0.25, 0.3) is 0 Å². The van der Waals surface area contributed by atoms with E-state index in [0.717, 1.165) is 11.1 Å². The summed E-state index contributed by atoms with van der Waals surface area (Å²) >= 11 is 3.33. The average molecular weight is 340 g/mol. The van der Waals surface area contributed by atoms with Crippen LogP contribution < -0.4 is 10.2 Å². The lowest BCUT2D eigenvalue weighted by Crippen LogP contribution is -2.11. The number of rotatable bonds is 6. The lowest BCUT2D eigenvalue weighted by molar-refractivity contribution is 0.0866. The van der Waals surface area contributed by atoms with Crippen LogP contribution in [0.1, 0.15) is 11.1 Å². The molecule has 0 fully saturated rings. The number of nitrogens with one attached hydrogen (secondary N) is 1. The standard InChI is InChI=1S/C15H15BrFNO2/c1-19-18-9-12-7-13(16)15(14(17)8-12)20-10-11-5-3-2-4-6-11/h2-8,18H,9-10H2,1H3. The second-order valence-electron chi connectivity index (χ2n) is 4.19. The molecule has 20 heavy (non-hydrogen) atoms. The molecule has 0 aromatic heterocycles. The summed E-state index contributed by atoms with van der Waals surface area (Å²) in [6.07, 6.45) is 0. The molecule has 3 nitrogen and oxygen atoms in total. The van der Waals surface area contributed by atoms with E-state index in [-0.39, 0.29) is 5.75 Å².